The third-order valence-electron chi connectivity index (χ3n) is 4.51. The van der Waals surface area contributed by atoms with Gasteiger partial charge in [0.15, 0.2) is 5.13 Å². The molecular weight excluding hydrogens is 474 g/mol. The second-order valence-corrected chi connectivity index (χ2v) is 10.4. The molecule has 0 spiro atoms. The minimum atomic E-state index is -3.63. The van der Waals surface area contributed by atoms with Crippen LogP contribution in [0.25, 0.3) is 11.3 Å². The van der Waals surface area contributed by atoms with Crippen molar-refractivity contribution < 1.29 is 13.2 Å². The average molecular weight is 492 g/mol. The van der Waals surface area contributed by atoms with Gasteiger partial charge in [-0.05, 0) is 49.6 Å². The van der Waals surface area contributed by atoms with Crippen molar-refractivity contribution in [2.45, 2.75) is 30.7 Å². The Labute approximate surface area is 181 Å². The lowest BCUT2D eigenvalue weighted by Crippen LogP contribution is -2.26. The Balaban J connectivity index is 1.55. The molecule has 0 aliphatic heterocycles. The molecule has 0 atom stereocenters. The maximum absolute atomic E-state index is 12.8. The molecule has 1 heterocycles. The SMILES string of the molecule is Cc1ccc(S(=O)(=O)NC2CC2)cc1C(=O)Nc1nc(-c2cccc(Br)c2)cs1. The van der Waals surface area contributed by atoms with Crippen LogP contribution in [-0.2, 0) is 10.0 Å². The number of benzene rings is 2. The fourth-order valence-electron chi connectivity index (χ4n) is 2.78. The summed E-state index contributed by atoms with van der Waals surface area (Å²) in [6.07, 6.45) is 1.70. The summed E-state index contributed by atoms with van der Waals surface area (Å²) in [7, 11) is -3.63. The van der Waals surface area contributed by atoms with Gasteiger partial charge in [-0.3, -0.25) is 10.1 Å². The number of thiazole rings is 1. The van der Waals surface area contributed by atoms with Gasteiger partial charge >= 0.3 is 0 Å². The van der Waals surface area contributed by atoms with Crippen molar-refractivity contribution in [3.8, 4) is 11.3 Å². The molecule has 1 fully saturated rings. The molecule has 1 aromatic heterocycles. The maximum Gasteiger partial charge on any atom is 0.257 e. The van der Waals surface area contributed by atoms with Crippen LogP contribution in [0.5, 0.6) is 0 Å². The van der Waals surface area contributed by atoms with Gasteiger partial charge in [0.25, 0.3) is 5.91 Å². The highest BCUT2D eigenvalue weighted by atomic mass is 79.9. The number of hydrogen-bond acceptors (Lipinski definition) is 5. The molecule has 1 saturated carbocycles. The molecule has 150 valence electrons. The minimum Gasteiger partial charge on any atom is -0.298 e. The van der Waals surface area contributed by atoms with E-state index in [0.717, 1.165) is 28.6 Å². The first-order valence-corrected chi connectivity index (χ1v) is 12.1. The fraction of sp³-hybridized carbons (Fsp3) is 0.200. The van der Waals surface area contributed by atoms with Crippen molar-refractivity contribution in [1.29, 1.82) is 0 Å². The third-order valence-corrected chi connectivity index (χ3v) is 7.28. The zero-order chi connectivity index (χ0) is 20.6. The molecule has 29 heavy (non-hydrogen) atoms. The van der Waals surface area contributed by atoms with Gasteiger partial charge in [-0.2, -0.15) is 0 Å². The number of rotatable bonds is 6. The number of aryl methyl sites for hydroxylation is 1. The Morgan fingerprint density at radius 3 is 2.72 bits per heavy atom. The molecule has 9 heteroatoms. The molecule has 2 N–H and O–H groups in total. The minimum absolute atomic E-state index is 0.00495. The highest BCUT2D eigenvalue weighted by molar-refractivity contribution is 9.10. The second kappa shape index (κ2) is 7.98. The number of amides is 1. The van der Waals surface area contributed by atoms with Crippen LogP contribution in [0.15, 0.2) is 57.2 Å². The van der Waals surface area contributed by atoms with E-state index in [-0.39, 0.29) is 16.8 Å². The number of nitrogens with one attached hydrogen (secondary N) is 2. The number of carbonyl (C=O) groups excluding carboxylic acids is 1. The Hall–Kier alpha value is -2.07. The summed E-state index contributed by atoms with van der Waals surface area (Å²) in [5, 5.41) is 5.10. The van der Waals surface area contributed by atoms with Crippen molar-refractivity contribution in [1.82, 2.24) is 9.71 Å². The van der Waals surface area contributed by atoms with Gasteiger partial charge < -0.3 is 0 Å². The first kappa shape index (κ1) is 20.2. The molecule has 0 radical (unpaired) electrons. The summed E-state index contributed by atoms with van der Waals surface area (Å²) in [6, 6.07) is 12.3. The number of anilines is 1. The van der Waals surface area contributed by atoms with E-state index in [4.69, 9.17) is 0 Å². The number of carbonyl (C=O) groups is 1. The highest BCUT2D eigenvalue weighted by Gasteiger charge is 2.28. The van der Waals surface area contributed by atoms with Crippen LogP contribution < -0.4 is 10.0 Å². The van der Waals surface area contributed by atoms with Crippen molar-refractivity contribution in [2.75, 3.05) is 5.32 Å². The van der Waals surface area contributed by atoms with Crippen molar-refractivity contribution in [3.63, 3.8) is 0 Å². The van der Waals surface area contributed by atoms with E-state index < -0.39 is 10.0 Å². The fourth-order valence-corrected chi connectivity index (χ4v) is 5.22. The van der Waals surface area contributed by atoms with Crippen LogP contribution in [0, 0.1) is 6.92 Å². The highest BCUT2D eigenvalue weighted by Crippen LogP contribution is 2.28. The molecule has 0 saturated heterocycles. The second-order valence-electron chi connectivity index (χ2n) is 6.87. The number of halogens is 1. The van der Waals surface area contributed by atoms with Gasteiger partial charge in [0.2, 0.25) is 10.0 Å². The summed E-state index contributed by atoms with van der Waals surface area (Å²) in [6.45, 7) is 1.77. The van der Waals surface area contributed by atoms with Gasteiger partial charge in [-0.1, -0.05) is 34.1 Å². The van der Waals surface area contributed by atoms with Crippen molar-refractivity contribution in [3.05, 3.63) is 63.4 Å². The average Bonchev–Trinajstić information content (AvgIpc) is 3.35. The van der Waals surface area contributed by atoms with Crippen molar-refractivity contribution in [2.24, 2.45) is 0 Å². The molecular formula is C20H18BrN3O3S2. The Kier molecular flexibility index (Phi) is 5.56. The summed E-state index contributed by atoms with van der Waals surface area (Å²) in [4.78, 5) is 17.3. The summed E-state index contributed by atoms with van der Waals surface area (Å²) < 4.78 is 28.5. The summed E-state index contributed by atoms with van der Waals surface area (Å²) >= 11 is 4.75. The van der Waals surface area contributed by atoms with Crippen LogP contribution >= 0.6 is 27.3 Å². The lowest BCUT2D eigenvalue weighted by Gasteiger charge is -2.10. The molecule has 4 rings (SSSR count). The van der Waals surface area contributed by atoms with E-state index in [2.05, 4.69) is 31.0 Å². The van der Waals surface area contributed by atoms with Crippen LogP contribution in [0.1, 0.15) is 28.8 Å². The zero-order valence-corrected chi connectivity index (χ0v) is 18.7. The van der Waals surface area contributed by atoms with Crippen LogP contribution in [0.4, 0.5) is 5.13 Å². The quantitative estimate of drug-likeness (QED) is 0.528. The molecule has 1 aliphatic rings. The predicted octanol–water partition coefficient (Wildman–Crippen LogP) is 4.57. The third kappa shape index (κ3) is 4.75. The Morgan fingerprint density at radius 2 is 2.00 bits per heavy atom. The lowest BCUT2D eigenvalue weighted by molar-refractivity contribution is 0.102. The summed E-state index contributed by atoms with van der Waals surface area (Å²) in [5.74, 6) is -0.388. The zero-order valence-electron chi connectivity index (χ0n) is 15.5. The summed E-state index contributed by atoms with van der Waals surface area (Å²) in [5.41, 5.74) is 2.69. The topological polar surface area (TPSA) is 88.2 Å². The van der Waals surface area contributed by atoms with Crippen LogP contribution in [-0.4, -0.2) is 25.4 Å². The van der Waals surface area contributed by atoms with E-state index in [9.17, 15) is 13.2 Å². The lowest BCUT2D eigenvalue weighted by atomic mass is 10.1. The molecule has 1 aliphatic carbocycles. The molecule has 1 amide bonds. The van der Waals surface area contributed by atoms with Gasteiger partial charge in [0.1, 0.15) is 0 Å². The Bertz CT molecular complexity index is 1190. The first-order valence-electron chi connectivity index (χ1n) is 8.97. The van der Waals surface area contributed by atoms with Gasteiger partial charge in [-0.25, -0.2) is 18.1 Å². The standard InChI is InChI=1S/C20H18BrN3O3S2/c1-12-5-8-16(29(26,27)24-15-6-7-15)10-17(12)19(25)23-20-22-18(11-28-20)13-3-2-4-14(21)9-13/h2-5,8-11,15,24H,6-7H2,1H3,(H,22,23,25). The molecule has 0 bridgehead atoms. The van der Waals surface area contributed by atoms with Gasteiger partial charge in [-0.15, -0.1) is 11.3 Å². The monoisotopic (exact) mass is 491 g/mol. The smallest absolute Gasteiger partial charge is 0.257 e. The number of hydrogen-bond donors (Lipinski definition) is 2. The van der Waals surface area contributed by atoms with E-state index in [1.165, 1.54) is 23.5 Å². The number of sulfonamides is 1. The number of aromatic nitrogens is 1. The van der Waals surface area contributed by atoms with E-state index in [1.807, 2.05) is 29.6 Å². The van der Waals surface area contributed by atoms with E-state index >= 15 is 0 Å². The maximum atomic E-state index is 12.8. The predicted molar refractivity (Wildman–Crippen MR) is 118 cm³/mol. The Morgan fingerprint density at radius 1 is 1.21 bits per heavy atom. The van der Waals surface area contributed by atoms with Crippen LogP contribution in [0.2, 0.25) is 0 Å². The molecule has 0 unspecified atom stereocenters. The first-order chi connectivity index (χ1) is 13.8. The van der Waals surface area contributed by atoms with E-state index in [1.54, 1.807) is 13.0 Å². The van der Waals surface area contributed by atoms with Crippen LogP contribution in [0.3, 0.4) is 0 Å². The molecule has 2 aromatic carbocycles. The number of nitrogens with zero attached hydrogens (tertiary/aromatic N) is 1. The largest absolute Gasteiger partial charge is 0.298 e. The van der Waals surface area contributed by atoms with Crippen molar-refractivity contribution >= 4 is 48.3 Å². The van der Waals surface area contributed by atoms with E-state index in [0.29, 0.717) is 16.3 Å². The molecule has 6 nitrogen and oxygen atoms in total. The molecule has 3 aromatic rings. The van der Waals surface area contributed by atoms with Gasteiger partial charge in [0, 0.05) is 27.0 Å². The normalized spacial score (nSPS) is 14.0. The van der Waals surface area contributed by atoms with Gasteiger partial charge in [0.05, 0.1) is 10.6 Å².